The minimum absolute atomic E-state index is 0.184. The average Bonchev–Trinajstić information content (AvgIpc) is 2.41. The van der Waals surface area contributed by atoms with Crippen LogP contribution < -0.4 is 0 Å². The van der Waals surface area contributed by atoms with E-state index >= 15 is 0 Å². The van der Waals surface area contributed by atoms with Crippen LogP contribution in [0.2, 0.25) is 0 Å². The largest absolute Gasteiger partial charge is 0.389 e. The van der Waals surface area contributed by atoms with E-state index in [1.54, 1.807) is 18.2 Å². The normalized spacial score (nSPS) is 21.9. The summed E-state index contributed by atoms with van der Waals surface area (Å²) < 4.78 is 24.2. The molecule has 0 aromatic heterocycles. The molecule has 0 radical (unpaired) electrons. The van der Waals surface area contributed by atoms with E-state index in [2.05, 4.69) is 4.90 Å². The van der Waals surface area contributed by atoms with E-state index in [1.165, 1.54) is 6.07 Å². The van der Waals surface area contributed by atoms with E-state index in [4.69, 9.17) is 9.47 Å². The lowest BCUT2D eigenvalue weighted by atomic mass is 10.2. The number of β-amino-alcohol motifs (C(OH)–C–C–N with tert-alkyl or cyclic N) is 1. The Labute approximate surface area is 119 Å². The second-order valence-electron chi connectivity index (χ2n) is 5.20. The highest BCUT2D eigenvalue weighted by molar-refractivity contribution is 5.16. The third-order valence-electron chi connectivity index (χ3n) is 3.32. The van der Waals surface area contributed by atoms with Crippen LogP contribution in [0.5, 0.6) is 0 Å². The first-order valence-electron chi connectivity index (χ1n) is 6.98. The van der Waals surface area contributed by atoms with Gasteiger partial charge in [-0.15, -0.1) is 0 Å². The van der Waals surface area contributed by atoms with Crippen LogP contribution in [0.3, 0.4) is 0 Å². The summed E-state index contributed by atoms with van der Waals surface area (Å²) in [7, 11) is 0. The first-order valence-corrected chi connectivity index (χ1v) is 6.98. The van der Waals surface area contributed by atoms with Crippen LogP contribution in [0.4, 0.5) is 4.39 Å². The second-order valence-corrected chi connectivity index (χ2v) is 5.20. The van der Waals surface area contributed by atoms with E-state index in [9.17, 15) is 9.50 Å². The van der Waals surface area contributed by atoms with Crippen molar-refractivity contribution in [1.29, 1.82) is 0 Å². The first-order chi connectivity index (χ1) is 9.65. The van der Waals surface area contributed by atoms with Gasteiger partial charge in [-0.1, -0.05) is 18.2 Å². The highest BCUT2D eigenvalue weighted by Gasteiger charge is 2.19. The fraction of sp³-hybridized carbons (Fsp3) is 0.600. The Morgan fingerprint density at radius 1 is 1.50 bits per heavy atom. The SMILES string of the molecule is CC1CN(CC(O)COCc2ccccc2F)CCO1. The molecule has 1 heterocycles. The zero-order chi connectivity index (χ0) is 14.4. The van der Waals surface area contributed by atoms with Gasteiger partial charge in [-0.3, -0.25) is 4.90 Å². The Morgan fingerprint density at radius 3 is 3.05 bits per heavy atom. The summed E-state index contributed by atoms with van der Waals surface area (Å²) in [6.45, 7) is 5.32. The number of nitrogens with zero attached hydrogens (tertiary/aromatic N) is 1. The third-order valence-corrected chi connectivity index (χ3v) is 3.32. The average molecular weight is 283 g/mol. The van der Waals surface area contributed by atoms with Gasteiger partial charge in [0.25, 0.3) is 0 Å². The summed E-state index contributed by atoms with van der Waals surface area (Å²) in [6.07, 6.45) is -0.359. The number of aliphatic hydroxyl groups is 1. The van der Waals surface area contributed by atoms with Gasteiger partial charge in [0, 0.05) is 25.2 Å². The van der Waals surface area contributed by atoms with Gasteiger partial charge in [0.2, 0.25) is 0 Å². The number of aliphatic hydroxyl groups excluding tert-OH is 1. The van der Waals surface area contributed by atoms with Crippen LogP contribution in [-0.2, 0) is 16.1 Å². The number of hydrogen-bond donors (Lipinski definition) is 1. The minimum Gasteiger partial charge on any atom is -0.389 e. The lowest BCUT2D eigenvalue weighted by Gasteiger charge is -2.32. The predicted octanol–water partition coefficient (Wildman–Crippen LogP) is 1.42. The van der Waals surface area contributed by atoms with Crippen molar-refractivity contribution in [3.05, 3.63) is 35.6 Å². The molecule has 0 saturated carbocycles. The van der Waals surface area contributed by atoms with Crippen LogP contribution in [0, 0.1) is 5.82 Å². The fourth-order valence-electron chi connectivity index (χ4n) is 2.33. The lowest BCUT2D eigenvalue weighted by Crippen LogP contribution is -2.45. The Morgan fingerprint density at radius 2 is 2.30 bits per heavy atom. The molecule has 1 saturated heterocycles. The van der Waals surface area contributed by atoms with Gasteiger partial charge < -0.3 is 14.6 Å². The summed E-state index contributed by atoms with van der Waals surface area (Å²) in [6, 6.07) is 6.51. The van der Waals surface area contributed by atoms with Crippen molar-refractivity contribution in [3.8, 4) is 0 Å². The maximum absolute atomic E-state index is 13.4. The summed E-state index contributed by atoms with van der Waals surface area (Å²) >= 11 is 0. The number of halogens is 1. The maximum atomic E-state index is 13.4. The number of hydrogen-bond acceptors (Lipinski definition) is 4. The summed E-state index contributed by atoms with van der Waals surface area (Å²) in [5, 5.41) is 9.93. The van der Waals surface area contributed by atoms with E-state index < -0.39 is 6.10 Å². The number of rotatable bonds is 6. The Hall–Kier alpha value is -1.01. The van der Waals surface area contributed by atoms with Crippen molar-refractivity contribution in [2.75, 3.05) is 32.8 Å². The van der Waals surface area contributed by atoms with E-state index in [1.807, 2.05) is 6.92 Å². The predicted molar refractivity (Wildman–Crippen MR) is 73.9 cm³/mol. The number of ether oxygens (including phenoxy) is 2. The molecule has 112 valence electrons. The van der Waals surface area contributed by atoms with Crippen LogP contribution in [-0.4, -0.2) is 55.1 Å². The Balaban J connectivity index is 1.67. The quantitative estimate of drug-likeness (QED) is 0.857. The molecule has 0 bridgehead atoms. The third kappa shape index (κ3) is 4.83. The van der Waals surface area contributed by atoms with Crippen molar-refractivity contribution in [2.24, 2.45) is 0 Å². The molecule has 2 rings (SSSR count). The van der Waals surface area contributed by atoms with E-state index in [0.717, 1.165) is 13.1 Å². The van der Waals surface area contributed by atoms with Crippen LogP contribution in [0.25, 0.3) is 0 Å². The van der Waals surface area contributed by atoms with Gasteiger partial charge in [0.05, 0.1) is 32.0 Å². The molecule has 1 fully saturated rings. The van der Waals surface area contributed by atoms with Crippen LogP contribution in [0.1, 0.15) is 12.5 Å². The lowest BCUT2D eigenvalue weighted by molar-refractivity contribution is -0.0457. The molecule has 0 aliphatic carbocycles. The van der Waals surface area contributed by atoms with Gasteiger partial charge in [0.1, 0.15) is 5.82 Å². The van der Waals surface area contributed by atoms with Gasteiger partial charge in [-0.25, -0.2) is 4.39 Å². The summed E-state index contributed by atoms with van der Waals surface area (Å²) in [5.41, 5.74) is 0.514. The number of morpholine rings is 1. The zero-order valence-corrected chi connectivity index (χ0v) is 11.8. The van der Waals surface area contributed by atoms with Crippen molar-refractivity contribution >= 4 is 0 Å². The molecule has 4 nitrogen and oxygen atoms in total. The molecular weight excluding hydrogens is 261 g/mol. The molecule has 5 heteroatoms. The highest BCUT2D eigenvalue weighted by Crippen LogP contribution is 2.09. The monoisotopic (exact) mass is 283 g/mol. The van der Waals surface area contributed by atoms with Crippen molar-refractivity contribution in [1.82, 2.24) is 4.90 Å². The molecule has 1 aliphatic heterocycles. The summed E-state index contributed by atoms with van der Waals surface area (Å²) in [4.78, 5) is 2.16. The standard InChI is InChI=1S/C15H22FNO3/c1-12-8-17(6-7-20-12)9-14(18)11-19-10-13-4-2-3-5-15(13)16/h2-5,12,14,18H,6-11H2,1H3. The molecule has 0 amide bonds. The van der Waals surface area contributed by atoms with Gasteiger partial charge >= 0.3 is 0 Å². The zero-order valence-electron chi connectivity index (χ0n) is 11.8. The maximum Gasteiger partial charge on any atom is 0.128 e. The molecular formula is C15H22FNO3. The highest BCUT2D eigenvalue weighted by atomic mass is 19.1. The van der Waals surface area contributed by atoms with Gasteiger partial charge in [-0.05, 0) is 13.0 Å². The van der Waals surface area contributed by atoms with Crippen LogP contribution in [0.15, 0.2) is 24.3 Å². The second kappa shape index (κ2) is 7.69. The van der Waals surface area contributed by atoms with Crippen molar-refractivity contribution in [2.45, 2.75) is 25.7 Å². The number of benzene rings is 1. The van der Waals surface area contributed by atoms with Gasteiger partial charge in [-0.2, -0.15) is 0 Å². The van der Waals surface area contributed by atoms with Crippen molar-refractivity contribution < 1.29 is 19.0 Å². The topological polar surface area (TPSA) is 41.9 Å². The molecule has 1 aromatic rings. The van der Waals surface area contributed by atoms with Gasteiger partial charge in [0.15, 0.2) is 0 Å². The minimum atomic E-state index is -0.563. The Kier molecular flexibility index (Phi) is 5.91. The fourth-order valence-corrected chi connectivity index (χ4v) is 2.33. The Bertz CT molecular complexity index is 416. The smallest absolute Gasteiger partial charge is 0.128 e. The molecule has 2 atom stereocenters. The molecule has 1 aromatic carbocycles. The van der Waals surface area contributed by atoms with Crippen molar-refractivity contribution in [3.63, 3.8) is 0 Å². The molecule has 1 aliphatic rings. The van der Waals surface area contributed by atoms with E-state index in [-0.39, 0.29) is 25.1 Å². The molecule has 1 N–H and O–H groups in total. The summed E-state index contributed by atoms with van der Waals surface area (Å²) in [5.74, 6) is -0.274. The molecule has 2 unspecified atom stereocenters. The van der Waals surface area contributed by atoms with E-state index in [0.29, 0.717) is 18.7 Å². The molecule has 20 heavy (non-hydrogen) atoms. The van der Waals surface area contributed by atoms with Crippen LogP contribution >= 0.6 is 0 Å². The molecule has 0 spiro atoms. The first kappa shape index (κ1) is 15.4.